The zero-order valence-electron chi connectivity index (χ0n) is 9.10. The fourth-order valence-corrected chi connectivity index (χ4v) is 2.82. The first-order valence-electron chi connectivity index (χ1n) is 4.98. The van der Waals surface area contributed by atoms with Gasteiger partial charge in [0.15, 0.2) is 0 Å². The van der Waals surface area contributed by atoms with Crippen molar-refractivity contribution in [1.82, 2.24) is 4.90 Å². The Hall–Kier alpha value is -0.620. The van der Waals surface area contributed by atoms with Gasteiger partial charge in [0, 0.05) is 20.0 Å². The van der Waals surface area contributed by atoms with Crippen LogP contribution in [0.25, 0.3) is 0 Å². The highest BCUT2D eigenvalue weighted by atomic mass is 32.2. The molecule has 1 heterocycles. The van der Waals surface area contributed by atoms with E-state index in [1.807, 2.05) is 0 Å². The van der Waals surface area contributed by atoms with E-state index in [0.717, 1.165) is 12.8 Å². The Bertz CT molecular complexity index is 317. The summed E-state index contributed by atoms with van der Waals surface area (Å²) in [6.07, 6.45) is 1.48. The molecule has 0 unspecified atom stereocenters. The van der Waals surface area contributed by atoms with Crippen molar-refractivity contribution in [2.24, 2.45) is 5.92 Å². The summed E-state index contributed by atoms with van der Waals surface area (Å²) in [4.78, 5) is 12.8. The van der Waals surface area contributed by atoms with E-state index in [-0.39, 0.29) is 17.6 Å². The summed E-state index contributed by atoms with van der Waals surface area (Å²) in [6.45, 7) is 2.84. The van der Waals surface area contributed by atoms with Gasteiger partial charge < -0.3 is 4.90 Å². The molecule has 1 amide bonds. The molecule has 1 aliphatic heterocycles. The third kappa shape index (κ3) is 3.79. The van der Waals surface area contributed by atoms with Gasteiger partial charge in [0.1, 0.15) is 0 Å². The SMILES string of the molecule is COS(=O)(=O)CC1CCN(C(C)=O)CC1. The number of hydrogen-bond acceptors (Lipinski definition) is 4. The van der Waals surface area contributed by atoms with Crippen LogP contribution in [0.2, 0.25) is 0 Å². The third-order valence-electron chi connectivity index (χ3n) is 2.75. The molecule has 0 bridgehead atoms. The van der Waals surface area contributed by atoms with Crippen LogP contribution in [0.4, 0.5) is 0 Å². The quantitative estimate of drug-likeness (QED) is 0.656. The van der Waals surface area contributed by atoms with E-state index >= 15 is 0 Å². The monoisotopic (exact) mass is 235 g/mol. The second-order valence-corrected chi connectivity index (χ2v) is 5.62. The first-order valence-corrected chi connectivity index (χ1v) is 6.56. The van der Waals surface area contributed by atoms with Crippen LogP contribution < -0.4 is 0 Å². The van der Waals surface area contributed by atoms with Crippen LogP contribution in [0, 0.1) is 5.92 Å². The molecule has 6 heteroatoms. The van der Waals surface area contributed by atoms with Gasteiger partial charge in [-0.05, 0) is 18.8 Å². The molecular formula is C9H17NO4S. The van der Waals surface area contributed by atoms with E-state index in [0.29, 0.717) is 13.1 Å². The highest BCUT2D eigenvalue weighted by Crippen LogP contribution is 2.19. The fourth-order valence-electron chi connectivity index (χ4n) is 1.77. The maximum atomic E-state index is 11.2. The molecular weight excluding hydrogens is 218 g/mol. The summed E-state index contributed by atoms with van der Waals surface area (Å²) in [5.41, 5.74) is 0. The maximum absolute atomic E-state index is 11.2. The smallest absolute Gasteiger partial charge is 0.267 e. The molecule has 1 saturated heterocycles. The first-order chi connectivity index (χ1) is 6.94. The third-order valence-corrected chi connectivity index (χ3v) is 4.14. The van der Waals surface area contributed by atoms with Crippen molar-refractivity contribution in [3.05, 3.63) is 0 Å². The minimum Gasteiger partial charge on any atom is -0.343 e. The molecule has 5 nitrogen and oxygen atoms in total. The van der Waals surface area contributed by atoms with Crippen LogP contribution in [-0.4, -0.2) is 45.2 Å². The molecule has 0 aliphatic carbocycles. The number of nitrogens with zero attached hydrogens (tertiary/aromatic N) is 1. The van der Waals surface area contributed by atoms with Crippen LogP contribution in [-0.2, 0) is 19.1 Å². The van der Waals surface area contributed by atoms with Crippen molar-refractivity contribution in [1.29, 1.82) is 0 Å². The van der Waals surface area contributed by atoms with Crippen LogP contribution in [0.5, 0.6) is 0 Å². The lowest BCUT2D eigenvalue weighted by Crippen LogP contribution is -2.38. The maximum Gasteiger partial charge on any atom is 0.267 e. The van der Waals surface area contributed by atoms with Crippen molar-refractivity contribution < 1.29 is 17.4 Å². The predicted octanol–water partition coefficient (Wildman–Crippen LogP) is 0.221. The lowest BCUT2D eigenvalue weighted by Gasteiger charge is -2.30. The van der Waals surface area contributed by atoms with Crippen molar-refractivity contribution in [3.8, 4) is 0 Å². The Morgan fingerprint density at radius 1 is 1.40 bits per heavy atom. The number of likely N-dealkylation sites (tertiary alicyclic amines) is 1. The molecule has 0 saturated carbocycles. The van der Waals surface area contributed by atoms with Crippen molar-refractivity contribution >= 4 is 16.0 Å². The van der Waals surface area contributed by atoms with Crippen molar-refractivity contribution in [2.45, 2.75) is 19.8 Å². The Kier molecular flexibility index (Phi) is 4.10. The predicted molar refractivity (Wildman–Crippen MR) is 55.8 cm³/mol. The zero-order chi connectivity index (χ0) is 11.5. The van der Waals surface area contributed by atoms with Gasteiger partial charge in [-0.2, -0.15) is 8.42 Å². The molecule has 0 spiro atoms. The largest absolute Gasteiger partial charge is 0.343 e. The number of rotatable bonds is 3. The highest BCUT2D eigenvalue weighted by molar-refractivity contribution is 7.86. The average molecular weight is 235 g/mol. The Labute approximate surface area is 90.5 Å². The average Bonchev–Trinajstić information content (AvgIpc) is 2.18. The van der Waals surface area contributed by atoms with Gasteiger partial charge in [-0.1, -0.05) is 0 Å². The first kappa shape index (κ1) is 12.4. The van der Waals surface area contributed by atoms with Crippen molar-refractivity contribution in [3.63, 3.8) is 0 Å². The van der Waals surface area contributed by atoms with E-state index in [1.165, 1.54) is 14.0 Å². The van der Waals surface area contributed by atoms with Crippen LogP contribution in [0.15, 0.2) is 0 Å². The van der Waals surface area contributed by atoms with E-state index in [1.54, 1.807) is 4.90 Å². The summed E-state index contributed by atoms with van der Waals surface area (Å²) >= 11 is 0. The summed E-state index contributed by atoms with van der Waals surface area (Å²) in [5.74, 6) is 0.239. The molecule has 0 radical (unpaired) electrons. The topological polar surface area (TPSA) is 63.7 Å². The standard InChI is InChI=1S/C9H17NO4S/c1-8(11)10-5-3-9(4-6-10)7-15(12,13)14-2/h9H,3-7H2,1-2H3. The summed E-state index contributed by atoms with van der Waals surface area (Å²) in [6, 6.07) is 0. The summed E-state index contributed by atoms with van der Waals surface area (Å²) < 4.78 is 26.8. The lowest BCUT2D eigenvalue weighted by molar-refractivity contribution is -0.130. The van der Waals surface area contributed by atoms with Gasteiger partial charge in [-0.15, -0.1) is 0 Å². The van der Waals surface area contributed by atoms with E-state index in [2.05, 4.69) is 4.18 Å². The normalized spacial score (nSPS) is 19.2. The Morgan fingerprint density at radius 3 is 2.33 bits per heavy atom. The van der Waals surface area contributed by atoms with Crippen LogP contribution >= 0.6 is 0 Å². The molecule has 1 rings (SSSR count). The second-order valence-electron chi connectivity index (χ2n) is 3.84. The Balaban J connectivity index is 2.42. The number of piperidine rings is 1. The van der Waals surface area contributed by atoms with Gasteiger partial charge in [0.2, 0.25) is 5.91 Å². The molecule has 0 aromatic carbocycles. The van der Waals surface area contributed by atoms with Crippen LogP contribution in [0.3, 0.4) is 0 Å². The molecule has 0 N–H and O–H groups in total. The van der Waals surface area contributed by atoms with E-state index < -0.39 is 10.1 Å². The number of carbonyl (C=O) groups is 1. The van der Waals surface area contributed by atoms with Crippen LogP contribution in [0.1, 0.15) is 19.8 Å². The molecule has 0 atom stereocenters. The van der Waals surface area contributed by atoms with Gasteiger partial charge in [-0.3, -0.25) is 8.98 Å². The fraction of sp³-hybridized carbons (Fsp3) is 0.889. The van der Waals surface area contributed by atoms with Gasteiger partial charge >= 0.3 is 0 Å². The second kappa shape index (κ2) is 4.94. The Morgan fingerprint density at radius 2 is 1.93 bits per heavy atom. The molecule has 1 aliphatic rings. The summed E-state index contributed by atoms with van der Waals surface area (Å²) in [7, 11) is -2.18. The van der Waals surface area contributed by atoms with Gasteiger partial charge in [0.05, 0.1) is 12.9 Å². The number of hydrogen-bond donors (Lipinski definition) is 0. The number of amides is 1. The minimum atomic E-state index is -3.36. The molecule has 15 heavy (non-hydrogen) atoms. The van der Waals surface area contributed by atoms with Crippen molar-refractivity contribution in [2.75, 3.05) is 26.0 Å². The van der Waals surface area contributed by atoms with Gasteiger partial charge in [0.25, 0.3) is 10.1 Å². The minimum absolute atomic E-state index is 0.0584. The lowest BCUT2D eigenvalue weighted by atomic mass is 9.99. The highest BCUT2D eigenvalue weighted by Gasteiger charge is 2.25. The zero-order valence-corrected chi connectivity index (χ0v) is 9.92. The molecule has 0 aromatic rings. The molecule has 1 fully saturated rings. The molecule has 0 aromatic heterocycles. The number of carbonyl (C=O) groups excluding carboxylic acids is 1. The van der Waals surface area contributed by atoms with E-state index in [9.17, 15) is 13.2 Å². The molecule has 88 valence electrons. The van der Waals surface area contributed by atoms with E-state index in [4.69, 9.17) is 0 Å². The van der Waals surface area contributed by atoms with Gasteiger partial charge in [-0.25, -0.2) is 0 Å². The summed E-state index contributed by atoms with van der Waals surface area (Å²) in [5, 5.41) is 0.